The lowest BCUT2D eigenvalue weighted by Crippen LogP contribution is -2.38. The molecular formula is C16H19FN4S. The first-order chi connectivity index (χ1) is 10.7. The maximum atomic E-state index is 13.8. The zero-order valence-corrected chi connectivity index (χ0v) is 13.5. The zero-order valence-electron chi connectivity index (χ0n) is 12.6. The fourth-order valence-corrected chi connectivity index (χ4v) is 3.21. The molecule has 0 radical (unpaired) electrons. The van der Waals surface area contributed by atoms with Crippen LogP contribution in [0.1, 0.15) is 27.8 Å². The van der Waals surface area contributed by atoms with Crippen molar-refractivity contribution in [1.29, 1.82) is 0 Å². The number of aliphatic imine (C=N–C) groups is 1. The van der Waals surface area contributed by atoms with Crippen LogP contribution in [0.5, 0.6) is 0 Å². The summed E-state index contributed by atoms with van der Waals surface area (Å²) in [5.74, 6) is 0.830. The molecule has 1 aliphatic rings. The molecule has 2 atom stereocenters. The van der Waals surface area contributed by atoms with Crippen molar-refractivity contribution in [3.63, 3.8) is 0 Å². The Labute approximate surface area is 133 Å². The maximum absolute atomic E-state index is 13.8. The smallest absolute Gasteiger partial charge is 0.191 e. The van der Waals surface area contributed by atoms with Crippen LogP contribution in [-0.4, -0.2) is 24.0 Å². The fourth-order valence-electron chi connectivity index (χ4n) is 2.49. The molecule has 1 fully saturated rings. The average molecular weight is 318 g/mol. The van der Waals surface area contributed by atoms with Gasteiger partial charge in [0.1, 0.15) is 10.8 Å². The van der Waals surface area contributed by atoms with Gasteiger partial charge in [0.2, 0.25) is 0 Å². The highest BCUT2D eigenvalue weighted by atomic mass is 32.1. The number of guanidine groups is 1. The Hall–Kier alpha value is -1.95. The van der Waals surface area contributed by atoms with Crippen LogP contribution in [0.15, 0.2) is 35.5 Å². The van der Waals surface area contributed by atoms with E-state index < -0.39 is 0 Å². The molecule has 2 unspecified atom stereocenters. The largest absolute Gasteiger partial charge is 0.353 e. The minimum Gasteiger partial charge on any atom is -0.353 e. The van der Waals surface area contributed by atoms with Crippen molar-refractivity contribution in [2.75, 3.05) is 7.05 Å². The molecular weight excluding hydrogens is 299 g/mol. The molecule has 4 nitrogen and oxygen atoms in total. The van der Waals surface area contributed by atoms with Crippen LogP contribution >= 0.6 is 11.3 Å². The van der Waals surface area contributed by atoms with Crippen LogP contribution in [0.3, 0.4) is 0 Å². The second-order valence-electron chi connectivity index (χ2n) is 5.40. The van der Waals surface area contributed by atoms with Gasteiger partial charge in [-0.3, -0.25) is 4.99 Å². The van der Waals surface area contributed by atoms with Gasteiger partial charge in [0.05, 0.1) is 6.54 Å². The molecule has 6 heteroatoms. The molecule has 0 aliphatic heterocycles. The van der Waals surface area contributed by atoms with E-state index in [1.165, 1.54) is 10.9 Å². The van der Waals surface area contributed by atoms with E-state index in [4.69, 9.17) is 0 Å². The maximum Gasteiger partial charge on any atom is 0.191 e. The standard InChI is InChI=1S/C16H19FN4S/c1-10-8-19-15(22-10)9-20-16(18-2)21-14-7-12(14)11-5-3-4-6-13(11)17/h3-6,8,12,14H,7,9H2,1-2H3,(H2,18,20,21). The summed E-state index contributed by atoms with van der Waals surface area (Å²) in [6, 6.07) is 7.21. The highest BCUT2D eigenvalue weighted by Gasteiger charge is 2.40. The summed E-state index contributed by atoms with van der Waals surface area (Å²) in [7, 11) is 1.74. The normalized spacial score (nSPS) is 20.8. The third-order valence-corrected chi connectivity index (χ3v) is 4.63. The van der Waals surface area contributed by atoms with E-state index >= 15 is 0 Å². The fraction of sp³-hybridized carbons (Fsp3) is 0.375. The molecule has 0 amide bonds. The van der Waals surface area contributed by atoms with E-state index in [2.05, 4.69) is 20.6 Å². The van der Waals surface area contributed by atoms with Crippen LogP contribution in [0.25, 0.3) is 0 Å². The van der Waals surface area contributed by atoms with E-state index in [0.717, 1.165) is 23.0 Å². The summed E-state index contributed by atoms with van der Waals surface area (Å²) in [5, 5.41) is 7.62. The van der Waals surface area contributed by atoms with Crippen molar-refractivity contribution < 1.29 is 4.39 Å². The SMILES string of the molecule is CN=C(NCc1ncc(C)s1)NC1CC1c1ccccc1F. The molecule has 1 heterocycles. The van der Waals surface area contributed by atoms with E-state index in [1.54, 1.807) is 24.5 Å². The number of nitrogens with one attached hydrogen (secondary N) is 2. The van der Waals surface area contributed by atoms with Crippen LogP contribution < -0.4 is 10.6 Å². The highest BCUT2D eigenvalue weighted by molar-refractivity contribution is 7.11. The van der Waals surface area contributed by atoms with E-state index in [9.17, 15) is 4.39 Å². The van der Waals surface area contributed by atoms with Gasteiger partial charge in [0.25, 0.3) is 0 Å². The van der Waals surface area contributed by atoms with Gasteiger partial charge in [-0.05, 0) is 25.0 Å². The number of halogens is 1. The molecule has 1 aliphatic carbocycles. The number of benzene rings is 1. The zero-order chi connectivity index (χ0) is 15.5. The van der Waals surface area contributed by atoms with E-state index in [1.807, 2.05) is 25.3 Å². The highest BCUT2D eigenvalue weighted by Crippen LogP contribution is 2.41. The molecule has 0 spiro atoms. The van der Waals surface area contributed by atoms with E-state index in [0.29, 0.717) is 6.54 Å². The summed E-state index contributed by atoms with van der Waals surface area (Å²) < 4.78 is 13.8. The van der Waals surface area contributed by atoms with Crippen molar-refractivity contribution in [3.05, 3.63) is 51.7 Å². The van der Waals surface area contributed by atoms with Gasteiger partial charge in [-0.15, -0.1) is 11.3 Å². The molecule has 1 saturated carbocycles. The second-order valence-corrected chi connectivity index (χ2v) is 6.72. The van der Waals surface area contributed by atoms with Crippen molar-refractivity contribution in [2.24, 2.45) is 4.99 Å². The minimum atomic E-state index is -0.127. The summed E-state index contributed by atoms with van der Waals surface area (Å²) in [5.41, 5.74) is 0.783. The monoisotopic (exact) mass is 318 g/mol. The topological polar surface area (TPSA) is 49.3 Å². The van der Waals surface area contributed by atoms with Crippen molar-refractivity contribution >= 4 is 17.3 Å². The molecule has 0 bridgehead atoms. The Morgan fingerprint density at radius 2 is 2.27 bits per heavy atom. The summed E-state index contributed by atoms with van der Waals surface area (Å²) in [6.45, 7) is 2.69. The summed E-state index contributed by atoms with van der Waals surface area (Å²) in [6.07, 6.45) is 2.80. The molecule has 2 N–H and O–H groups in total. The quantitative estimate of drug-likeness (QED) is 0.673. The molecule has 1 aromatic carbocycles. The average Bonchev–Trinajstić information content (AvgIpc) is 3.15. The van der Waals surface area contributed by atoms with Crippen LogP contribution in [0, 0.1) is 12.7 Å². The van der Waals surface area contributed by atoms with Gasteiger partial charge in [-0.1, -0.05) is 18.2 Å². The Bertz CT molecular complexity index is 682. The number of aromatic nitrogens is 1. The lowest BCUT2D eigenvalue weighted by atomic mass is 10.1. The lowest BCUT2D eigenvalue weighted by Gasteiger charge is -2.11. The Kier molecular flexibility index (Phi) is 4.38. The van der Waals surface area contributed by atoms with E-state index in [-0.39, 0.29) is 17.8 Å². The number of rotatable bonds is 4. The number of aryl methyl sites for hydroxylation is 1. The molecule has 0 saturated heterocycles. The van der Waals surface area contributed by atoms with Gasteiger partial charge in [0.15, 0.2) is 5.96 Å². The third-order valence-electron chi connectivity index (χ3n) is 3.72. The molecule has 116 valence electrons. The van der Waals surface area contributed by atoms with Crippen LogP contribution in [-0.2, 0) is 6.54 Å². The Balaban J connectivity index is 1.53. The summed E-state index contributed by atoms with van der Waals surface area (Å²) in [4.78, 5) is 9.73. The second kappa shape index (κ2) is 6.44. The molecule has 3 rings (SSSR count). The minimum absolute atomic E-state index is 0.127. The number of hydrogen-bond acceptors (Lipinski definition) is 3. The number of nitrogens with zero attached hydrogens (tertiary/aromatic N) is 2. The molecule has 2 aromatic rings. The molecule has 1 aromatic heterocycles. The van der Waals surface area contributed by atoms with Crippen LogP contribution in [0.2, 0.25) is 0 Å². The number of thiazole rings is 1. The third kappa shape index (κ3) is 3.44. The van der Waals surface area contributed by atoms with Crippen LogP contribution in [0.4, 0.5) is 4.39 Å². The van der Waals surface area contributed by atoms with Gasteiger partial charge in [-0.25, -0.2) is 9.37 Å². The van der Waals surface area contributed by atoms with Gasteiger partial charge in [-0.2, -0.15) is 0 Å². The van der Waals surface area contributed by atoms with Gasteiger partial charge in [0, 0.05) is 30.1 Å². The van der Waals surface area contributed by atoms with Crippen molar-refractivity contribution in [2.45, 2.75) is 31.8 Å². The Morgan fingerprint density at radius 1 is 1.45 bits per heavy atom. The predicted molar refractivity (Wildman–Crippen MR) is 87.7 cm³/mol. The molecule has 22 heavy (non-hydrogen) atoms. The summed E-state index contributed by atoms with van der Waals surface area (Å²) >= 11 is 1.67. The van der Waals surface area contributed by atoms with Gasteiger partial charge < -0.3 is 10.6 Å². The number of hydrogen-bond donors (Lipinski definition) is 2. The first-order valence-electron chi connectivity index (χ1n) is 7.30. The lowest BCUT2D eigenvalue weighted by molar-refractivity contribution is 0.607. The first kappa shape index (κ1) is 15.0. The van der Waals surface area contributed by atoms with Crippen molar-refractivity contribution in [3.8, 4) is 0 Å². The Morgan fingerprint density at radius 3 is 2.95 bits per heavy atom. The van der Waals surface area contributed by atoms with Crippen molar-refractivity contribution in [1.82, 2.24) is 15.6 Å². The predicted octanol–water partition coefficient (Wildman–Crippen LogP) is 2.81. The van der Waals surface area contributed by atoms with Gasteiger partial charge >= 0.3 is 0 Å². The first-order valence-corrected chi connectivity index (χ1v) is 8.12.